The molecule has 1 heterocycles. The summed E-state index contributed by atoms with van der Waals surface area (Å²) < 4.78 is 13.3. The molecule has 0 bridgehead atoms. The van der Waals surface area contributed by atoms with Crippen LogP contribution in [0.5, 0.6) is 0 Å². The van der Waals surface area contributed by atoms with Crippen LogP contribution in [0.3, 0.4) is 0 Å². The number of hydrogen-bond acceptors (Lipinski definition) is 3. The van der Waals surface area contributed by atoms with E-state index < -0.39 is 0 Å². The summed E-state index contributed by atoms with van der Waals surface area (Å²) in [4.78, 5) is 30.6. The maximum absolute atomic E-state index is 13.3. The quantitative estimate of drug-likeness (QED) is 0.552. The lowest BCUT2D eigenvalue weighted by atomic mass is 10.2. The number of rotatable bonds is 10. The van der Waals surface area contributed by atoms with Crippen molar-refractivity contribution in [2.75, 3.05) is 6.54 Å². The van der Waals surface area contributed by atoms with Crippen LogP contribution in [-0.2, 0) is 22.7 Å². The molecule has 1 aliphatic carbocycles. The fourth-order valence-electron chi connectivity index (χ4n) is 3.31. The van der Waals surface area contributed by atoms with Crippen LogP contribution in [0.15, 0.2) is 35.7 Å². The minimum Gasteiger partial charge on any atom is -0.332 e. The number of halogens is 1. The molecule has 0 atom stereocenters. The summed E-state index contributed by atoms with van der Waals surface area (Å²) in [7, 11) is 0. The molecular weight excluding hydrogens is 387 g/mol. The standard InChI is InChI=1S/C23H29FN2O2S/c1-3-4-5-22(27)26(20-10-11-20)16-23(28)25(15-21-17(2)12-13-29-21)14-18-6-8-19(24)9-7-18/h6-9,12-13,20H,3-5,10-11,14-16H2,1-2H3. The van der Waals surface area contributed by atoms with Crippen LogP contribution in [0.2, 0.25) is 0 Å². The Bertz CT molecular complexity index is 830. The highest BCUT2D eigenvalue weighted by Crippen LogP contribution is 2.28. The first kappa shape index (κ1) is 21.5. The Morgan fingerprint density at radius 2 is 1.83 bits per heavy atom. The van der Waals surface area contributed by atoms with Crippen molar-refractivity contribution >= 4 is 23.2 Å². The van der Waals surface area contributed by atoms with Crippen LogP contribution < -0.4 is 0 Å². The Kier molecular flexibility index (Phi) is 7.42. The molecule has 1 aliphatic rings. The molecule has 3 rings (SSSR count). The first-order valence-electron chi connectivity index (χ1n) is 10.3. The van der Waals surface area contributed by atoms with E-state index in [0.29, 0.717) is 19.5 Å². The van der Waals surface area contributed by atoms with Gasteiger partial charge in [-0.2, -0.15) is 0 Å². The van der Waals surface area contributed by atoms with Gasteiger partial charge in [0, 0.05) is 23.9 Å². The van der Waals surface area contributed by atoms with Crippen molar-refractivity contribution in [2.24, 2.45) is 0 Å². The summed E-state index contributed by atoms with van der Waals surface area (Å²) in [6.45, 7) is 5.13. The van der Waals surface area contributed by atoms with Gasteiger partial charge in [-0.05, 0) is 60.9 Å². The van der Waals surface area contributed by atoms with Crippen LogP contribution in [-0.4, -0.2) is 34.2 Å². The van der Waals surface area contributed by atoms with Crippen LogP contribution in [0.1, 0.15) is 55.0 Å². The highest BCUT2D eigenvalue weighted by molar-refractivity contribution is 7.10. The zero-order chi connectivity index (χ0) is 20.8. The summed E-state index contributed by atoms with van der Waals surface area (Å²) in [6, 6.07) is 8.51. The summed E-state index contributed by atoms with van der Waals surface area (Å²) in [6.07, 6.45) is 4.28. The summed E-state index contributed by atoms with van der Waals surface area (Å²) in [5.41, 5.74) is 2.04. The normalized spacial score (nSPS) is 13.3. The van der Waals surface area contributed by atoms with Gasteiger partial charge in [0.1, 0.15) is 12.4 Å². The monoisotopic (exact) mass is 416 g/mol. The summed E-state index contributed by atoms with van der Waals surface area (Å²) in [5, 5.41) is 2.02. The molecule has 1 aromatic carbocycles. The molecule has 0 N–H and O–H groups in total. The maximum atomic E-state index is 13.3. The Labute approximate surface area is 176 Å². The van der Waals surface area contributed by atoms with Crippen LogP contribution >= 0.6 is 11.3 Å². The zero-order valence-corrected chi connectivity index (χ0v) is 18.0. The van der Waals surface area contributed by atoms with Gasteiger partial charge in [0.15, 0.2) is 0 Å². The Hall–Kier alpha value is -2.21. The lowest BCUT2D eigenvalue weighted by molar-refractivity contribution is -0.141. The zero-order valence-electron chi connectivity index (χ0n) is 17.2. The molecule has 0 spiro atoms. The highest BCUT2D eigenvalue weighted by Gasteiger charge is 2.34. The lowest BCUT2D eigenvalue weighted by Crippen LogP contribution is -2.43. The van der Waals surface area contributed by atoms with Gasteiger partial charge in [0.25, 0.3) is 0 Å². The molecule has 1 fully saturated rings. The highest BCUT2D eigenvalue weighted by atomic mass is 32.1. The topological polar surface area (TPSA) is 40.6 Å². The molecule has 6 heteroatoms. The fraction of sp³-hybridized carbons (Fsp3) is 0.478. The third kappa shape index (κ3) is 6.13. The van der Waals surface area contributed by atoms with E-state index in [1.54, 1.807) is 33.3 Å². The number of nitrogens with zero attached hydrogens (tertiary/aromatic N) is 2. The van der Waals surface area contributed by atoms with Crippen molar-refractivity contribution in [2.45, 2.75) is 65.1 Å². The average Bonchev–Trinajstić information content (AvgIpc) is 3.47. The second-order valence-corrected chi connectivity index (χ2v) is 8.76. The van der Waals surface area contributed by atoms with Gasteiger partial charge >= 0.3 is 0 Å². The molecule has 0 aliphatic heterocycles. The Morgan fingerprint density at radius 3 is 2.41 bits per heavy atom. The largest absolute Gasteiger partial charge is 0.332 e. The summed E-state index contributed by atoms with van der Waals surface area (Å²) >= 11 is 1.63. The van der Waals surface area contributed by atoms with E-state index in [0.717, 1.165) is 41.7 Å². The van der Waals surface area contributed by atoms with Gasteiger partial charge in [-0.3, -0.25) is 9.59 Å². The van der Waals surface area contributed by atoms with Crippen LogP contribution in [0.4, 0.5) is 4.39 Å². The number of benzene rings is 1. The molecule has 1 aromatic heterocycles. The minimum absolute atomic E-state index is 0.0566. The van der Waals surface area contributed by atoms with E-state index in [1.807, 2.05) is 18.4 Å². The van der Waals surface area contributed by atoms with Gasteiger partial charge in [0.05, 0.1) is 6.54 Å². The van der Waals surface area contributed by atoms with Gasteiger partial charge in [0.2, 0.25) is 11.8 Å². The molecule has 4 nitrogen and oxygen atoms in total. The molecule has 2 amide bonds. The van der Waals surface area contributed by atoms with Crippen molar-refractivity contribution in [3.05, 3.63) is 57.5 Å². The van der Waals surface area contributed by atoms with E-state index in [-0.39, 0.29) is 30.2 Å². The van der Waals surface area contributed by atoms with Gasteiger partial charge in [-0.1, -0.05) is 25.5 Å². The Morgan fingerprint density at radius 1 is 1.10 bits per heavy atom. The van der Waals surface area contributed by atoms with Crippen molar-refractivity contribution in [3.8, 4) is 0 Å². The second-order valence-electron chi connectivity index (χ2n) is 7.76. The van der Waals surface area contributed by atoms with E-state index in [2.05, 4.69) is 6.92 Å². The molecule has 29 heavy (non-hydrogen) atoms. The van der Waals surface area contributed by atoms with Crippen molar-refractivity contribution in [3.63, 3.8) is 0 Å². The summed E-state index contributed by atoms with van der Waals surface area (Å²) in [5.74, 6) is -0.266. The van der Waals surface area contributed by atoms with Crippen molar-refractivity contribution in [1.82, 2.24) is 9.80 Å². The number of carbonyl (C=O) groups excluding carboxylic acids is 2. The van der Waals surface area contributed by atoms with Gasteiger partial charge in [-0.25, -0.2) is 4.39 Å². The van der Waals surface area contributed by atoms with Crippen LogP contribution in [0.25, 0.3) is 0 Å². The molecule has 1 saturated carbocycles. The smallest absolute Gasteiger partial charge is 0.242 e. The Balaban J connectivity index is 1.74. The minimum atomic E-state index is -0.290. The number of unbranched alkanes of at least 4 members (excludes halogenated alkanes) is 1. The third-order valence-corrected chi connectivity index (χ3v) is 6.31. The predicted octanol–water partition coefficient (Wildman–Crippen LogP) is 4.91. The average molecular weight is 417 g/mol. The molecule has 0 radical (unpaired) electrons. The van der Waals surface area contributed by atoms with E-state index >= 15 is 0 Å². The number of hydrogen-bond donors (Lipinski definition) is 0. The first-order chi connectivity index (χ1) is 14.0. The van der Waals surface area contributed by atoms with Gasteiger partial charge < -0.3 is 9.80 Å². The third-order valence-electron chi connectivity index (χ3n) is 5.30. The lowest BCUT2D eigenvalue weighted by Gasteiger charge is -2.28. The van der Waals surface area contributed by atoms with Gasteiger partial charge in [-0.15, -0.1) is 11.3 Å². The predicted molar refractivity (Wildman–Crippen MR) is 114 cm³/mol. The molecular formula is C23H29FN2O2S. The molecule has 0 unspecified atom stereocenters. The van der Waals surface area contributed by atoms with E-state index in [1.165, 1.54) is 12.1 Å². The molecule has 0 saturated heterocycles. The second kappa shape index (κ2) is 10.0. The van der Waals surface area contributed by atoms with Crippen molar-refractivity contribution in [1.29, 1.82) is 0 Å². The number of carbonyl (C=O) groups is 2. The number of aryl methyl sites for hydroxylation is 1. The first-order valence-corrected chi connectivity index (χ1v) is 11.2. The van der Waals surface area contributed by atoms with E-state index in [4.69, 9.17) is 0 Å². The molecule has 2 aromatic rings. The molecule has 156 valence electrons. The van der Waals surface area contributed by atoms with Crippen LogP contribution in [0, 0.1) is 12.7 Å². The van der Waals surface area contributed by atoms with Crippen molar-refractivity contribution < 1.29 is 14.0 Å². The maximum Gasteiger partial charge on any atom is 0.242 e. The fourth-order valence-corrected chi connectivity index (χ4v) is 4.23. The SMILES string of the molecule is CCCCC(=O)N(CC(=O)N(Cc1ccc(F)cc1)Cc1sccc1C)C1CC1. The van der Waals surface area contributed by atoms with E-state index in [9.17, 15) is 14.0 Å². The number of amides is 2. The number of thiophene rings is 1.